The van der Waals surface area contributed by atoms with Gasteiger partial charge in [-0.2, -0.15) is 0 Å². The number of aliphatic hydroxyl groups excluding tert-OH is 1. The largest absolute Gasteiger partial charge is 0.395 e. The maximum Gasteiger partial charge on any atom is 0.255 e. The van der Waals surface area contributed by atoms with E-state index < -0.39 is 6.43 Å². The van der Waals surface area contributed by atoms with E-state index in [-0.39, 0.29) is 19.7 Å². The summed E-state index contributed by atoms with van der Waals surface area (Å²) in [5.74, 6) is 0. The molecular weight excluding hydrogens is 238 g/mol. The Bertz CT molecular complexity index is 372. The molecule has 0 atom stereocenters. The van der Waals surface area contributed by atoms with Crippen LogP contribution in [0.4, 0.5) is 14.5 Å². The first-order valence-electron chi connectivity index (χ1n) is 5.96. The van der Waals surface area contributed by atoms with E-state index in [1.807, 2.05) is 32.2 Å². The van der Waals surface area contributed by atoms with Gasteiger partial charge in [-0.25, -0.2) is 8.78 Å². The van der Waals surface area contributed by atoms with Crippen molar-refractivity contribution >= 4 is 5.69 Å². The van der Waals surface area contributed by atoms with E-state index in [0.717, 1.165) is 23.4 Å². The highest BCUT2D eigenvalue weighted by molar-refractivity contribution is 5.54. The van der Waals surface area contributed by atoms with Crippen LogP contribution >= 0.6 is 0 Å². The topological polar surface area (TPSA) is 35.5 Å². The van der Waals surface area contributed by atoms with Gasteiger partial charge in [0.15, 0.2) is 0 Å². The van der Waals surface area contributed by atoms with Gasteiger partial charge in [0.25, 0.3) is 6.43 Å². The zero-order valence-electron chi connectivity index (χ0n) is 10.8. The first kappa shape index (κ1) is 14.9. The Hall–Kier alpha value is -1.20. The van der Waals surface area contributed by atoms with E-state index in [1.54, 1.807) is 0 Å². The lowest BCUT2D eigenvalue weighted by Crippen LogP contribution is -2.32. The molecule has 102 valence electrons. The highest BCUT2D eigenvalue weighted by atomic mass is 19.3. The van der Waals surface area contributed by atoms with Crippen molar-refractivity contribution in [1.29, 1.82) is 0 Å². The van der Waals surface area contributed by atoms with E-state index >= 15 is 0 Å². The van der Waals surface area contributed by atoms with Gasteiger partial charge in [-0.05, 0) is 31.2 Å². The van der Waals surface area contributed by atoms with Gasteiger partial charge in [-0.1, -0.05) is 12.1 Å². The third-order valence-corrected chi connectivity index (χ3v) is 2.71. The van der Waals surface area contributed by atoms with E-state index in [0.29, 0.717) is 0 Å². The summed E-state index contributed by atoms with van der Waals surface area (Å²) in [4.78, 5) is 1.52. The number of nitrogens with one attached hydrogen (secondary N) is 1. The third-order valence-electron chi connectivity index (χ3n) is 2.71. The van der Waals surface area contributed by atoms with Crippen molar-refractivity contribution in [3.05, 3.63) is 29.3 Å². The fourth-order valence-electron chi connectivity index (χ4n) is 1.98. The molecule has 0 unspecified atom stereocenters. The van der Waals surface area contributed by atoms with Crippen molar-refractivity contribution in [1.82, 2.24) is 5.32 Å². The Kier molecular flexibility index (Phi) is 6.01. The first-order valence-corrected chi connectivity index (χ1v) is 5.96. The molecule has 0 radical (unpaired) electrons. The molecule has 0 amide bonds. The minimum atomic E-state index is -2.41. The number of alkyl halides is 2. The van der Waals surface area contributed by atoms with Crippen LogP contribution in [0, 0.1) is 6.92 Å². The fourth-order valence-corrected chi connectivity index (χ4v) is 1.98. The van der Waals surface area contributed by atoms with Crippen LogP contribution in [0.3, 0.4) is 0 Å². The van der Waals surface area contributed by atoms with Gasteiger partial charge < -0.3 is 15.3 Å². The summed E-state index contributed by atoms with van der Waals surface area (Å²) in [6, 6.07) is 5.72. The average molecular weight is 258 g/mol. The monoisotopic (exact) mass is 258 g/mol. The summed E-state index contributed by atoms with van der Waals surface area (Å²) in [6.45, 7) is 2.37. The quantitative estimate of drug-likeness (QED) is 0.782. The lowest BCUT2D eigenvalue weighted by molar-refractivity contribution is 0.153. The summed E-state index contributed by atoms with van der Waals surface area (Å²) in [5.41, 5.74) is 2.81. The van der Waals surface area contributed by atoms with Gasteiger partial charge in [0.2, 0.25) is 0 Å². The van der Waals surface area contributed by atoms with Crippen LogP contribution in [0.15, 0.2) is 18.2 Å². The lowest BCUT2D eigenvalue weighted by atomic mass is 10.1. The number of aryl methyl sites for hydroxylation is 1. The second-order valence-corrected chi connectivity index (χ2v) is 4.21. The van der Waals surface area contributed by atoms with Crippen LogP contribution in [-0.2, 0) is 6.54 Å². The number of benzene rings is 1. The van der Waals surface area contributed by atoms with E-state index in [2.05, 4.69) is 5.32 Å². The molecule has 0 aliphatic heterocycles. The van der Waals surface area contributed by atoms with Gasteiger partial charge in [0.1, 0.15) is 0 Å². The Morgan fingerprint density at radius 3 is 2.61 bits per heavy atom. The Morgan fingerprint density at radius 2 is 2.11 bits per heavy atom. The van der Waals surface area contributed by atoms with E-state index in [9.17, 15) is 8.78 Å². The van der Waals surface area contributed by atoms with Gasteiger partial charge >= 0.3 is 0 Å². The van der Waals surface area contributed by atoms with E-state index in [1.165, 1.54) is 4.90 Å². The zero-order chi connectivity index (χ0) is 13.5. The zero-order valence-corrected chi connectivity index (χ0v) is 10.8. The van der Waals surface area contributed by atoms with Crippen LogP contribution in [0.25, 0.3) is 0 Å². The molecule has 1 aromatic rings. The summed E-state index contributed by atoms with van der Waals surface area (Å²) < 4.78 is 25.0. The van der Waals surface area contributed by atoms with Crippen molar-refractivity contribution < 1.29 is 13.9 Å². The molecular formula is C13H20F2N2O. The van der Waals surface area contributed by atoms with Crippen molar-refractivity contribution in [2.75, 3.05) is 31.6 Å². The SMILES string of the molecule is CNCc1ccc(N(CCO)CC(F)F)c(C)c1. The summed E-state index contributed by atoms with van der Waals surface area (Å²) in [5, 5.41) is 12.0. The lowest BCUT2D eigenvalue weighted by Gasteiger charge is -2.25. The van der Waals surface area contributed by atoms with Crippen LogP contribution < -0.4 is 10.2 Å². The second kappa shape index (κ2) is 7.28. The van der Waals surface area contributed by atoms with Crippen molar-refractivity contribution in [2.24, 2.45) is 0 Å². The first-order chi connectivity index (χ1) is 8.58. The minimum absolute atomic E-state index is 0.134. The van der Waals surface area contributed by atoms with E-state index in [4.69, 9.17) is 5.11 Å². The second-order valence-electron chi connectivity index (χ2n) is 4.21. The highest BCUT2D eigenvalue weighted by Crippen LogP contribution is 2.22. The molecule has 0 saturated heterocycles. The average Bonchev–Trinajstić information content (AvgIpc) is 2.28. The molecule has 2 N–H and O–H groups in total. The van der Waals surface area contributed by atoms with Crippen LogP contribution in [-0.4, -0.2) is 38.3 Å². The number of aliphatic hydroxyl groups is 1. The number of anilines is 1. The third kappa shape index (κ3) is 4.23. The Labute approximate surface area is 106 Å². The number of nitrogens with zero attached hydrogens (tertiary/aromatic N) is 1. The number of halogens is 2. The van der Waals surface area contributed by atoms with Gasteiger partial charge in [-0.3, -0.25) is 0 Å². The molecule has 0 bridgehead atoms. The molecule has 0 fully saturated rings. The van der Waals surface area contributed by atoms with Crippen LogP contribution in [0.1, 0.15) is 11.1 Å². The normalized spacial score (nSPS) is 11.0. The summed E-state index contributed by atoms with van der Waals surface area (Å²) in [7, 11) is 1.86. The predicted molar refractivity (Wildman–Crippen MR) is 69.2 cm³/mol. The molecule has 0 aromatic heterocycles. The summed E-state index contributed by atoms with van der Waals surface area (Å²) in [6.07, 6.45) is -2.41. The molecule has 1 rings (SSSR count). The van der Waals surface area contributed by atoms with Crippen molar-refractivity contribution in [2.45, 2.75) is 19.9 Å². The van der Waals surface area contributed by atoms with Crippen LogP contribution in [0.5, 0.6) is 0 Å². The summed E-state index contributed by atoms with van der Waals surface area (Å²) >= 11 is 0. The smallest absolute Gasteiger partial charge is 0.255 e. The molecule has 18 heavy (non-hydrogen) atoms. The standard InChI is InChI=1S/C13H20F2N2O/c1-10-7-11(8-16-2)3-4-12(10)17(5-6-18)9-13(14)15/h3-4,7,13,16,18H,5-6,8-9H2,1-2H3. The predicted octanol–water partition coefficient (Wildman–Crippen LogP) is 1.78. The van der Waals surface area contributed by atoms with Gasteiger partial charge in [-0.15, -0.1) is 0 Å². The molecule has 5 heteroatoms. The highest BCUT2D eigenvalue weighted by Gasteiger charge is 2.14. The number of hydrogen-bond acceptors (Lipinski definition) is 3. The molecule has 1 aromatic carbocycles. The van der Waals surface area contributed by atoms with Gasteiger partial charge in [0.05, 0.1) is 13.2 Å². The molecule has 0 heterocycles. The fraction of sp³-hybridized carbons (Fsp3) is 0.538. The number of hydrogen-bond donors (Lipinski definition) is 2. The Balaban J connectivity index is 2.90. The Morgan fingerprint density at radius 1 is 1.39 bits per heavy atom. The molecule has 0 spiro atoms. The maximum absolute atomic E-state index is 12.5. The minimum Gasteiger partial charge on any atom is -0.395 e. The van der Waals surface area contributed by atoms with Crippen molar-refractivity contribution in [3.8, 4) is 0 Å². The van der Waals surface area contributed by atoms with Gasteiger partial charge in [0, 0.05) is 18.8 Å². The maximum atomic E-state index is 12.5. The van der Waals surface area contributed by atoms with Crippen LogP contribution in [0.2, 0.25) is 0 Å². The molecule has 0 aliphatic carbocycles. The molecule has 0 saturated carbocycles. The van der Waals surface area contributed by atoms with Crippen molar-refractivity contribution in [3.63, 3.8) is 0 Å². The molecule has 0 aliphatic rings. The number of rotatable bonds is 7. The molecule has 3 nitrogen and oxygen atoms in total.